The minimum atomic E-state index is -0.258. The molecule has 1 aromatic carbocycles. The van der Waals surface area contributed by atoms with Crippen LogP contribution in [0.1, 0.15) is 21.7 Å². The van der Waals surface area contributed by atoms with Gasteiger partial charge in [-0.05, 0) is 29.8 Å². The van der Waals surface area contributed by atoms with Crippen molar-refractivity contribution in [1.29, 1.82) is 0 Å². The molecular formula is C21H18ClN5O2. The highest BCUT2D eigenvalue weighted by molar-refractivity contribution is 6.31. The van der Waals surface area contributed by atoms with E-state index in [9.17, 15) is 9.59 Å². The van der Waals surface area contributed by atoms with Gasteiger partial charge in [0, 0.05) is 36.4 Å². The molecule has 0 unspecified atom stereocenters. The van der Waals surface area contributed by atoms with Gasteiger partial charge in [0.2, 0.25) is 0 Å². The molecule has 29 heavy (non-hydrogen) atoms. The summed E-state index contributed by atoms with van der Waals surface area (Å²) >= 11 is 6.18. The summed E-state index contributed by atoms with van der Waals surface area (Å²) in [5.74, 6) is 0.510. The van der Waals surface area contributed by atoms with E-state index in [1.807, 2.05) is 47.0 Å². The average molecular weight is 408 g/mol. The van der Waals surface area contributed by atoms with Crippen molar-refractivity contribution in [2.45, 2.75) is 13.0 Å². The molecule has 0 spiro atoms. The molecule has 0 bridgehead atoms. The number of amides is 1. The number of pyridine rings is 2. The molecule has 0 saturated carbocycles. The predicted molar refractivity (Wildman–Crippen MR) is 110 cm³/mol. The number of nitrogens with one attached hydrogen (secondary N) is 1. The van der Waals surface area contributed by atoms with E-state index < -0.39 is 0 Å². The van der Waals surface area contributed by atoms with Gasteiger partial charge in [-0.3, -0.25) is 14.0 Å². The monoisotopic (exact) mass is 407 g/mol. The van der Waals surface area contributed by atoms with Crippen LogP contribution >= 0.6 is 11.6 Å². The van der Waals surface area contributed by atoms with E-state index in [2.05, 4.69) is 15.5 Å². The highest BCUT2D eigenvalue weighted by Crippen LogP contribution is 2.15. The Morgan fingerprint density at radius 2 is 1.86 bits per heavy atom. The van der Waals surface area contributed by atoms with Gasteiger partial charge >= 0.3 is 0 Å². The van der Waals surface area contributed by atoms with E-state index in [-0.39, 0.29) is 11.5 Å². The van der Waals surface area contributed by atoms with Crippen LogP contribution in [0, 0.1) is 0 Å². The molecule has 0 atom stereocenters. The smallest absolute Gasteiger partial charge is 0.252 e. The number of fused-ring (bicyclic) bond motifs is 1. The molecular weight excluding hydrogens is 390 g/mol. The molecule has 7 nitrogen and oxygen atoms in total. The number of rotatable bonds is 6. The molecule has 3 aromatic heterocycles. The van der Waals surface area contributed by atoms with Crippen LogP contribution < -0.4 is 10.9 Å². The summed E-state index contributed by atoms with van der Waals surface area (Å²) in [6.07, 6.45) is 3.97. The fourth-order valence-corrected chi connectivity index (χ4v) is 3.25. The number of hydrogen-bond acceptors (Lipinski definition) is 4. The second-order valence-corrected chi connectivity index (χ2v) is 6.93. The Hall–Kier alpha value is -3.45. The quantitative estimate of drug-likeness (QED) is 0.532. The normalized spacial score (nSPS) is 10.9. The first-order valence-corrected chi connectivity index (χ1v) is 9.50. The van der Waals surface area contributed by atoms with E-state index in [1.165, 1.54) is 16.7 Å². The van der Waals surface area contributed by atoms with E-state index >= 15 is 0 Å². The first kappa shape index (κ1) is 18.9. The van der Waals surface area contributed by atoms with Gasteiger partial charge in [-0.15, -0.1) is 10.2 Å². The number of nitrogens with zero attached hydrogens (tertiary/aromatic N) is 4. The molecule has 3 heterocycles. The van der Waals surface area contributed by atoms with Crippen LogP contribution in [-0.4, -0.2) is 31.6 Å². The number of benzene rings is 1. The van der Waals surface area contributed by atoms with Crippen molar-refractivity contribution in [2.24, 2.45) is 0 Å². The lowest BCUT2D eigenvalue weighted by molar-refractivity contribution is 0.0953. The summed E-state index contributed by atoms with van der Waals surface area (Å²) in [5.41, 5.74) is 1.78. The van der Waals surface area contributed by atoms with Gasteiger partial charge in [0.15, 0.2) is 5.65 Å². The van der Waals surface area contributed by atoms with Crippen molar-refractivity contribution < 1.29 is 4.79 Å². The molecule has 0 saturated heterocycles. The zero-order valence-electron chi connectivity index (χ0n) is 15.5. The van der Waals surface area contributed by atoms with Crippen LogP contribution in [0.2, 0.25) is 5.02 Å². The summed E-state index contributed by atoms with van der Waals surface area (Å²) < 4.78 is 3.36. The lowest BCUT2D eigenvalue weighted by Crippen LogP contribution is -2.28. The summed E-state index contributed by atoms with van der Waals surface area (Å²) in [5, 5.41) is 11.7. The maximum absolute atomic E-state index is 12.5. The summed E-state index contributed by atoms with van der Waals surface area (Å²) in [4.78, 5) is 24.7. The Balaban J connectivity index is 1.43. The molecule has 0 radical (unpaired) electrons. The minimum absolute atomic E-state index is 0.198. The molecule has 4 rings (SSSR count). The Morgan fingerprint density at radius 3 is 2.72 bits per heavy atom. The van der Waals surface area contributed by atoms with Crippen LogP contribution in [-0.2, 0) is 13.0 Å². The van der Waals surface area contributed by atoms with Gasteiger partial charge in [0.25, 0.3) is 11.5 Å². The van der Waals surface area contributed by atoms with Crippen molar-refractivity contribution in [3.05, 3.63) is 99.3 Å². The molecule has 1 amide bonds. The van der Waals surface area contributed by atoms with E-state index in [1.54, 1.807) is 12.3 Å². The van der Waals surface area contributed by atoms with Gasteiger partial charge in [0.05, 0.1) is 12.1 Å². The summed E-state index contributed by atoms with van der Waals surface area (Å²) in [6, 6.07) is 15.9. The molecule has 146 valence electrons. The number of aromatic nitrogens is 4. The minimum Gasteiger partial charge on any atom is -0.352 e. The van der Waals surface area contributed by atoms with Crippen LogP contribution in [0.25, 0.3) is 5.65 Å². The summed E-state index contributed by atoms with van der Waals surface area (Å²) in [7, 11) is 0. The molecule has 4 aromatic rings. The second-order valence-electron chi connectivity index (χ2n) is 6.53. The Labute approximate surface area is 171 Å². The Kier molecular flexibility index (Phi) is 5.39. The molecule has 0 aliphatic carbocycles. The van der Waals surface area contributed by atoms with E-state index in [0.29, 0.717) is 30.1 Å². The van der Waals surface area contributed by atoms with Gasteiger partial charge < -0.3 is 9.88 Å². The maximum atomic E-state index is 12.5. The third-order valence-electron chi connectivity index (χ3n) is 4.56. The first-order valence-electron chi connectivity index (χ1n) is 9.12. The fraction of sp³-hybridized carbons (Fsp3) is 0.143. The van der Waals surface area contributed by atoms with Crippen LogP contribution in [0.15, 0.2) is 71.8 Å². The Morgan fingerprint density at radius 1 is 1.03 bits per heavy atom. The van der Waals surface area contributed by atoms with Gasteiger partial charge in [-0.2, -0.15) is 0 Å². The van der Waals surface area contributed by atoms with Crippen molar-refractivity contribution in [2.75, 3.05) is 6.54 Å². The second kappa shape index (κ2) is 8.28. The van der Waals surface area contributed by atoms with Gasteiger partial charge in [-0.1, -0.05) is 35.9 Å². The van der Waals surface area contributed by atoms with E-state index in [0.717, 1.165) is 17.0 Å². The third-order valence-corrected chi connectivity index (χ3v) is 4.93. The highest BCUT2D eigenvalue weighted by Gasteiger charge is 2.10. The molecule has 0 aliphatic heterocycles. The van der Waals surface area contributed by atoms with Crippen molar-refractivity contribution in [3.8, 4) is 0 Å². The molecule has 1 N–H and O–H groups in total. The topological polar surface area (TPSA) is 81.3 Å². The van der Waals surface area contributed by atoms with Crippen LogP contribution in [0.3, 0.4) is 0 Å². The molecule has 0 fully saturated rings. The fourth-order valence-electron chi connectivity index (χ4n) is 3.05. The van der Waals surface area contributed by atoms with Gasteiger partial charge in [0.1, 0.15) is 5.82 Å². The number of carbonyl (C=O) groups is 1. The maximum Gasteiger partial charge on any atom is 0.252 e. The standard InChI is InChI=1S/C21H18ClN5O2/c22-17-6-2-1-5-15(17)13-26-14-16(8-9-20(26)28)21(29)23-11-10-19-25-24-18-7-3-4-12-27(18)19/h1-9,12,14H,10-11,13H2,(H,23,29). The number of carbonyl (C=O) groups excluding carboxylic acids is 1. The first-order chi connectivity index (χ1) is 14.1. The van der Waals surface area contributed by atoms with Crippen molar-refractivity contribution >= 4 is 23.2 Å². The van der Waals surface area contributed by atoms with Gasteiger partial charge in [-0.25, -0.2) is 0 Å². The molecule has 8 heteroatoms. The number of hydrogen-bond donors (Lipinski definition) is 1. The lowest BCUT2D eigenvalue weighted by Gasteiger charge is -2.10. The molecule has 0 aliphatic rings. The van der Waals surface area contributed by atoms with E-state index in [4.69, 9.17) is 11.6 Å². The number of halogens is 1. The summed E-state index contributed by atoms with van der Waals surface area (Å²) in [6.45, 7) is 0.698. The Bertz CT molecular complexity index is 1230. The lowest BCUT2D eigenvalue weighted by atomic mass is 10.2. The average Bonchev–Trinajstić information content (AvgIpc) is 3.14. The third kappa shape index (κ3) is 4.20. The predicted octanol–water partition coefficient (Wildman–Crippen LogP) is 2.57. The highest BCUT2D eigenvalue weighted by atomic mass is 35.5. The van der Waals surface area contributed by atoms with Crippen molar-refractivity contribution in [3.63, 3.8) is 0 Å². The largest absolute Gasteiger partial charge is 0.352 e. The van der Waals surface area contributed by atoms with Crippen LogP contribution in [0.4, 0.5) is 0 Å². The zero-order valence-corrected chi connectivity index (χ0v) is 16.2. The SMILES string of the molecule is O=C(NCCc1nnc2ccccn12)c1ccc(=O)n(Cc2ccccc2Cl)c1. The van der Waals surface area contributed by atoms with Crippen molar-refractivity contribution in [1.82, 2.24) is 24.5 Å². The van der Waals surface area contributed by atoms with Crippen LogP contribution in [0.5, 0.6) is 0 Å². The zero-order chi connectivity index (χ0) is 20.2.